The summed E-state index contributed by atoms with van der Waals surface area (Å²) < 4.78 is 56.9. The molecule has 276 valence electrons. The first kappa shape index (κ1) is 38.6. The van der Waals surface area contributed by atoms with E-state index in [1.165, 1.54) is 113 Å². The number of rotatable bonds is 6. The van der Waals surface area contributed by atoms with Crippen molar-refractivity contribution in [2.45, 2.75) is 76.3 Å². The van der Waals surface area contributed by atoms with E-state index in [4.69, 9.17) is 4.99 Å². The average molecular weight is 714 g/mol. The highest BCUT2D eigenvalue weighted by Crippen LogP contribution is 2.21. The summed E-state index contributed by atoms with van der Waals surface area (Å²) in [6.07, 6.45) is 11.1. The number of hydrogen-bond donors (Lipinski definition) is 2. The molecule has 0 heterocycles. The minimum Gasteiger partial charge on any atom is -0.340 e. The fourth-order valence-corrected chi connectivity index (χ4v) is 7.83. The van der Waals surface area contributed by atoms with Gasteiger partial charge in [0.05, 0.1) is 34.2 Å². The minimum atomic E-state index is -1.94. The van der Waals surface area contributed by atoms with Gasteiger partial charge in [-0.25, -0.2) is 27.9 Å². The van der Waals surface area contributed by atoms with Crippen molar-refractivity contribution < 1.29 is 22.1 Å². The van der Waals surface area contributed by atoms with Gasteiger partial charge in [-0.05, 0) is 74.2 Å². The van der Waals surface area contributed by atoms with Crippen LogP contribution in [0, 0.1) is 23.3 Å². The molecule has 0 aromatic heterocycles. The van der Waals surface area contributed by atoms with Gasteiger partial charge in [-0.1, -0.05) is 87.1 Å². The van der Waals surface area contributed by atoms with Crippen LogP contribution in [-0.2, 0) is 0 Å². The van der Waals surface area contributed by atoms with Gasteiger partial charge in [0, 0.05) is 6.04 Å². The molecule has 4 aromatic carbocycles. The Morgan fingerprint density at radius 2 is 0.923 bits per heavy atom. The molecule has 2 saturated carbocycles. The van der Waals surface area contributed by atoms with E-state index in [2.05, 4.69) is 48.3 Å². The van der Waals surface area contributed by atoms with Gasteiger partial charge in [0.1, 0.15) is 29.4 Å². The zero-order valence-corrected chi connectivity index (χ0v) is 30.9. The summed E-state index contributed by atoms with van der Waals surface area (Å²) in [4.78, 5) is 7.16. The largest absolute Gasteiger partial charge is 0.354 e. The highest BCUT2D eigenvalue weighted by atomic mass is 19.1. The molecule has 2 aliphatic carbocycles. The molecule has 0 bridgehead atoms. The second-order valence-corrected chi connectivity index (χ2v) is 14.6. The summed E-state index contributed by atoms with van der Waals surface area (Å²) in [6, 6.07) is 25.1. The van der Waals surface area contributed by atoms with E-state index in [1.54, 1.807) is 48.5 Å². The van der Waals surface area contributed by atoms with E-state index in [1.807, 2.05) is 0 Å². The number of benzene rings is 4. The fraction of sp³-hybridized carbons (Fsp3) is 0.381. The molecule has 0 aliphatic heterocycles. The molecule has 0 unspecified atom stereocenters. The number of nitrogens with zero attached hydrogens (tertiary/aromatic N) is 3. The van der Waals surface area contributed by atoms with Crippen LogP contribution in [0.2, 0.25) is 0 Å². The molecule has 0 atom stereocenters. The lowest BCUT2D eigenvalue weighted by Gasteiger charge is -2.44. The SMILES string of the molecule is CN(C)C(NC(=NC1CCCCC1)NC1CCCCC1)=[N+](C)C.Fc1ccc([B-](c2ccc(F)cc2)(c2ccc(F)cc2)c2ccc(F)cc2)cc1. The highest BCUT2D eigenvalue weighted by molar-refractivity contribution is 7.19. The number of halogens is 4. The smallest absolute Gasteiger partial charge is 0.340 e. The van der Waals surface area contributed by atoms with Gasteiger partial charge in [0.25, 0.3) is 5.96 Å². The Labute approximate surface area is 306 Å². The van der Waals surface area contributed by atoms with E-state index in [9.17, 15) is 17.6 Å². The third kappa shape index (κ3) is 9.84. The number of guanidine groups is 2. The Morgan fingerprint density at radius 3 is 1.25 bits per heavy atom. The molecule has 52 heavy (non-hydrogen) atoms. The topological polar surface area (TPSA) is 42.7 Å². The van der Waals surface area contributed by atoms with E-state index in [0.29, 0.717) is 12.1 Å². The molecule has 4 aromatic rings. The molecule has 0 spiro atoms. The molecule has 0 saturated heterocycles. The lowest BCUT2D eigenvalue weighted by atomic mass is 9.13. The maximum Gasteiger partial charge on any atom is 0.354 e. The molecule has 6 rings (SSSR count). The van der Waals surface area contributed by atoms with E-state index in [0.717, 1.165) is 33.8 Å². The van der Waals surface area contributed by atoms with Crippen molar-refractivity contribution >= 4 is 39.9 Å². The third-order valence-electron chi connectivity index (χ3n) is 10.4. The summed E-state index contributed by atoms with van der Waals surface area (Å²) in [6.45, 7) is 0. The fourth-order valence-electron chi connectivity index (χ4n) is 7.83. The molecule has 2 N–H and O–H groups in total. The van der Waals surface area contributed by atoms with Crippen LogP contribution in [0.4, 0.5) is 17.6 Å². The van der Waals surface area contributed by atoms with E-state index >= 15 is 0 Å². The quantitative estimate of drug-likeness (QED) is 0.0849. The van der Waals surface area contributed by atoms with Gasteiger partial charge >= 0.3 is 5.96 Å². The Bertz CT molecular complexity index is 1570. The van der Waals surface area contributed by atoms with Crippen LogP contribution in [0.1, 0.15) is 64.2 Å². The van der Waals surface area contributed by atoms with Crippen LogP contribution in [0.3, 0.4) is 0 Å². The maximum absolute atomic E-state index is 13.7. The van der Waals surface area contributed by atoms with Crippen LogP contribution in [-0.4, -0.2) is 67.8 Å². The Balaban J connectivity index is 0.000000207. The third-order valence-corrected chi connectivity index (χ3v) is 10.4. The number of aliphatic imine (C=N–C) groups is 1. The molecule has 0 radical (unpaired) electrons. The predicted octanol–water partition coefficient (Wildman–Crippen LogP) is 6.00. The molecule has 5 nitrogen and oxygen atoms in total. The van der Waals surface area contributed by atoms with Crippen molar-refractivity contribution in [3.63, 3.8) is 0 Å². The van der Waals surface area contributed by atoms with Crippen LogP contribution in [0.25, 0.3) is 0 Å². The van der Waals surface area contributed by atoms with Gasteiger partial charge in [0.2, 0.25) is 0 Å². The summed E-state index contributed by atoms with van der Waals surface area (Å²) in [7, 11) is 8.28. The molecular formula is C42H52BF4N5. The average Bonchev–Trinajstić information content (AvgIpc) is 3.14. The monoisotopic (exact) mass is 713 g/mol. The first-order chi connectivity index (χ1) is 25.1. The molecule has 2 fully saturated rings. The second kappa shape index (κ2) is 18.2. The highest BCUT2D eigenvalue weighted by Gasteiger charge is 2.32. The van der Waals surface area contributed by atoms with Gasteiger partial charge in [-0.3, -0.25) is 9.48 Å². The van der Waals surface area contributed by atoms with Gasteiger partial charge in [-0.15, -0.1) is 0 Å². The summed E-state index contributed by atoms with van der Waals surface area (Å²) in [5, 5.41) is 7.26. The van der Waals surface area contributed by atoms with Crippen LogP contribution in [0.5, 0.6) is 0 Å². The molecule has 0 amide bonds. The molecule has 10 heteroatoms. The normalized spacial score (nSPS) is 15.7. The zero-order valence-electron chi connectivity index (χ0n) is 30.9. The summed E-state index contributed by atoms with van der Waals surface area (Å²) in [5.41, 5.74) is 2.99. The van der Waals surface area contributed by atoms with Gasteiger partial charge in [-0.2, -0.15) is 21.9 Å². The lowest BCUT2D eigenvalue weighted by molar-refractivity contribution is -0.471. The lowest BCUT2D eigenvalue weighted by Crippen LogP contribution is -2.74. The summed E-state index contributed by atoms with van der Waals surface area (Å²) in [5.74, 6) is 0.474. The van der Waals surface area contributed by atoms with Crippen LogP contribution >= 0.6 is 0 Å². The first-order valence-corrected chi connectivity index (χ1v) is 18.6. The van der Waals surface area contributed by atoms with Crippen molar-refractivity contribution in [2.75, 3.05) is 28.2 Å². The molecular weight excluding hydrogens is 661 g/mol. The predicted molar refractivity (Wildman–Crippen MR) is 208 cm³/mol. The number of hydrogen-bond acceptors (Lipinski definition) is 1. The van der Waals surface area contributed by atoms with Crippen molar-refractivity contribution in [2.24, 2.45) is 4.99 Å². The Morgan fingerprint density at radius 1 is 0.577 bits per heavy atom. The van der Waals surface area contributed by atoms with Crippen LogP contribution in [0.15, 0.2) is 102 Å². The summed E-state index contributed by atoms with van der Waals surface area (Å²) >= 11 is 0. The Hall–Kier alpha value is -4.60. The van der Waals surface area contributed by atoms with Crippen molar-refractivity contribution in [3.05, 3.63) is 120 Å². The molecule has 2 aliphatic rings. The number of nitrogens with one attached hydrogen (secondary N) is 2. The standard InChI is InChI=1S/C24H16BF4.C18H35N5/c26-21-9-1-17(2-10-21)25(18-3-11-22(27)12-4-18,19-5-13-23(28)14-6-19)20-7-15-24(29)16-8-20;1-22(2)18(23(3)4)21-17(19-15-11-7-5-8-12-15)20-16-13-9-6-10-14-16/h1-16H;15-16H,5-14H2,1-4H3,(H,19,20)/q-1;/p+1. The van der Waals surface area contributed by atoms with Gasteiger partial charge < -0.3 is 5.32 Å². The second-order valence-electron chi connectivity index (χ2n) is 14.6. The van der Waals surface area contributed by atoms with E-state index < -0.39 is 29.4 Å². The van der Waals surface area contributed by atoms with Crippen molar-refractivity contribution in [1.29, 1.82) is 0 Å². The first-order valence-electron chi connectivity index (χ1n) is 18.6. The minimum absolute atomic E-state index is 0.393. The van der Waals surface area contributed by atoms with Gasteiger partial charge in [0.15, 0.2) is 0 Å². The van der Waals surface area contributed by atoms with E-state index in [-0.39, 0.29) is 0 Å². The van der Waals surface area contributed by atoms with Crippen LogP contribution < -0.4 is 32.5 Å². The zero-order chi connectivity index (χ0) is 37.1. The van der Waals surface area contributed by atoms with Crippen molar-refractivity contribution in [1.82, 2.24) is 15.5 Å². The Kier molecular flexibility index (Phi) is 13.6. The maximum atomic E-state index is 13.7. The van der Waals surface area contributed by atoms with Crippen molar-refractivity contribution in [3.8, 4) is 0 Å².